The van der Waals surface area contributed by atoms with Crippen molar-refractivity contribution in [2.75, 3.05) is 41.8 Å². The molecular weight excluding hydrogens is 434 g/mol. The van der Waals surface area contributed by atoms with E-state index in [1.807, 2.05) is 42.1 Å². The molecule has 0 saturated carbocycles. The van der Waals surface area contributed by atoms with Gasteiger partial charge in [0.05, 0.1) is 25.1 Å². The number of ether oxygens (including phenoxy) is 1. The molecule has 1 aromatic carbocycles. The molecule has 0 spiro atoms. The van der Waals surface area contributed by atoms with E-state index in [9.17, 15) is 4.79 Å². The van der Waals surface area contributed by atoms with Crippen LogP contribution in [0.1, 0.15) is 5.56 Å². The molecule has 0 bridgehead atoms. The van der Waals surface area contributed by atoms with Crippen LogP contribution < -0.4 is 15.5 Å². The fourth-order valence-electron chi connectivity index (χ4n) is 3.78. The number of nitrogens with zero attached hydrogens (tertiary/aromatic N) is 7. The number of imidazole rings is 1. The van der Waals surface area contributed by atoms with E-state index in [4.69, 9.17) is 14.7 Å². The highest BCUT2D eigenvalue weighted by Gasteiger charge is 2.20. The summed E-state index contributed by atoms with van der Waals surface area (Å²) in [6, 6.07) is 7.61. The van der Waals surface area contributed by atoms with Gasteiger partial charge in [-0.2, -0.15) is 15.1 Å². The van der Waals surface area contributed by atoms with E-state index in [1.165, 1.54) is 6.08 Å². The van der Waals surface area contributed by atoms with Crippen LogP contribution in [0.4, 0.5) is 17.5 Å². The van der Waals surface area contributed by atoms with Gasteiger partial charge in [0.1, 0.15) is 6.33 Å². The fourth-order valence-corrected chi connectivity index (χ4v) is 3.78. The van der Waals surface area contributed by atoms with Gasteiger partial charge in [-0.05, 0) is 23.8 Å². The second-order valence-electron chi connectivity index (χ2n) is 7.88. The first-order valence-electron chi connectivity index (χ1n) is 10.9. The van der Waals surface area contributed by atoms with Crippen LogP contribution in [0.5, 0.6) is 0 Å². The number of rotatable bonds is 7. The first kappa shape index (κ1) is 21.6. The summed E-state index contributed by atoms with van der Waals surface area (Å²) in [5, 5.41) is 10.5. The molecule has 0 radical (unpaired) electrons. The lowest BCUT2D eigenvalue weighted by Gasteiger charge is -2.27. The maximum absolute atomic E-state index is 11.6. The highest BCUT2D eigenvalue weighted by molar-refractivity contribution is 5.98. The minimum atomic E-state index is -0.251. The summed E-state index contributed by atoms with van der Waals surface area (Å²) < 4.78 is 9.14. The summed E-state index contributed by atoms with van der Waals surface area (Å²) in [5.41, 5.74) is 3.91. The van der Waals surface area contributed by atoms with Crippen LogP contribution in [0, 0.1) is 0 Å². The van der Waals surface area contributed by atoms with Crippen molar-refractivity contribution < 1.29 is 9.53 Å². The fraction of sp³-hybridized carbons (Fsp3) is 0.261. The number of carbonyl (C=O) groups excluding carboxylic acids is 1. The molecular formula is C23H25N9O2. The topological polar surface area (TPSA) is 115 Å². The highest BCUT2D eigenvalue weighted by atomic mass is 16.5. The van der Waals surface area contributed by atoms with Gasteiger partial charge in [0.2, 0.25) is 11.9 Å². The Morgan fingerprint density at radius 2 is 2.12 bits per heavy atom. The van der Waals surface area contributed by atoms with Crippen molar-refractivity contribution in [3.8, 4) is 5.69 Å². The summed E-state index contributed by atoms with van der Waals surface area (Å²) in [4.78, 5) is 28.0. The maximum atomic E-state index is 11.6. The second-order valence-corrected chi connectivity index (χ2v) is 7.88. The van der Waals surface area contributed by atoms with E-state index in [0.717, 1.165) is 24.3 Å². The lowest BCUT2D eigenvalue weighted by molar-refractivity contribution is -0.111. The van der Waals surface area contributed by atoms with Crippen LogP contribution in [0.15, 0.2) is 55.6 Å². The van der Waals surface area contributed by atoms with Gasteiger partial charge >= 0.3 is 0 Å². The average molecular weight is 460 g/mol. The van der Waals surface area contributed by atoms with Gasteiger partial charge in [-0.15, -0.1) is 0 Å². The molecule has 0 unspecified atom stereocenters. The normalized spacial score (nSPS) is 13.7. The minimum absolute atomic E-state index is 0.251. The van der Waals surface area contributed by atoms with E-state index in [2.05, 4.69) is 32.2 Å². The van der Waals surface area contributed by atoms with Crippen LogP contribution in [0.25, 0.3) is 16.9 Å². The summed E-state index contributed by atoms with van der Waals surface area (Å²) in [6.45, 7) is 6.69. The summed E-state index contributed by atoms with van der Waals surface area (Å²) >= 11 is 0. The Morgan fingerprint density at radius 3 is 2.88 bits per heavy atom. The van der Waals surface area contributed by atoms with Crippen molar-refractivity contribution >= 4 is 34.5 Å². The van der Waals surface area contributed by atoms with Gasteiger partial charge in [-0.1, -0.05) is 18.7 Å². The molecule has 11 nitrogen and oxygen atoms in total. The number of aromatic nitrogens is 6. The lowest BCUT2D eigenvalue weighted by Crippen LogP contribution is -2.37. The predicted octanol–water partition coefficient (Wildman–Crippen LogP) is 2.12. The van der Waals surface area contributed by atoms with Crippen LogP contribution >= 0.6 is 0 Å². The first-order chi connectivity index (χ1) is 16.6. The molecule has 34 heavy (non-hydrogen) atoms. The Morgan fingerprint density at radius 1 is 1.26 bits per heavy atom. The van der Waals surface area contributed by atoms with E-state index in [1.54, 1.807) is 17.2 Å². The third-order valence-electron chi connectivity index (χ3n) is 5.49. The van der Waals surface area contributed by atoms with Crippen molar-refractivity contribution in [3.05, 3.63) is 61.2 Å². The summed E-state index contributed by atoms with van der Waals surface area (Å²) in [6.07, 6.45) is 6.66. The zero-order chi connectivity index (χ0) is 23.5. The molecule has 4 heterocycles. The van der Waals surface area contributed by atoms with E-state index in [-0.39, 0.29) is 5.91 Å². The third kappa shape index (κ3) is 4.46. The Hall–Kier alpha value is -4.25. The molecule has 3 aromatic heterocycles. The molecule has 11 heteroatoms. The first-order valence-corrected chi connectivity index (χ1v) is 10.9. The Balaban J connectivity index is 1.48. The van der Waals surface area contributed by atoms with Crippen LogP contribution in [0.2, 0.25) is 0 Å². The van der Waals surface area contributed by atoms with Gasteiger partial charge < -0.3 is 20.3 Å². The van der Waals surface area contributed by atoms with Crippen molar-refractivity contribution in [1.29, 1.82) is 0 Å². The molecule has 1 fully saturated rings. The number of fused-ring (bicyclic) bond motifs is 1. The zero-order valence-corrected chi connectivity index (χ0v) is 18.8. The van der Waals surface area contributed by atoms with Gasteiger partial charge in [0.15, 0.2) is 17.0 Å². The smallest absolute Gasteiger partial charge is 0.247 e. The standard InChI is InChI=1S/C23H25N9O2/c1-3-19(33)27-17-6-4-5-16(11-17)12-24-21-20-22(29-23(28-21)31-7-9-34-10-8-31)32(15-25-20)18-13-26-30(2)14-18/h3-6,11,13-15H,1,7-10,12H2,2H3,(H,27,33)(H,24,28,29). The number of carbonyl (C=O) groups is 1. The number of hydrogen-bond acceptors (Lipinski definition) is 8. The molecule has 1 aliphatic rings. The average Bonchev–Trinajstić information content (AvgIpc) is 3.49. The molecule has 1 amide bonds. The van der Waals surface area contributed by atoms with Crippen molar-refractivity contribution in [1.82, 2.24) is 29.3 Å². The monoisotopic (exact) mass is 459 g/mol. The van der Waals surface area contributed by atoms with Crippen molar-refractivity contribution in [2.24, 2.45) is 7.05 Å². The number of aryl methyl sites for hydroxylation is 1. The molecule has 5 rings (SSSR count). The van der Waals surface area contributed by atoms with Crippen molar-refractivity contribution in [3.63, 3.8) is 0 Å². The molecule has 0 aliphatic carbocycles. The SMILES string of the molecule is C=CC(=O)Nc1cccc(CNc2nc(N3CCOCC3)nc3c2ncn3-c2cnn(C)c2)c1. The number of nitrogens with one attached hydrogen (secondary N) is 2. The Bertz CT molecular complexity index is 1340. The maximum Gasteiger partial charge on any atom is 0.247 e. The molecule has 0 atom stereocenters. The molecule has 1 saturated heterocycles. The van der Waals surface area contributed by atoms with E-state index >= 15 is 0 Å². The Labute approximate surface area is 196 Å². The van der Waals surface area contributed by atoms with Gasteiger partial charge in [-0.25, -0.2) is 4.98 Å². The second kappa shape index (κ2) is 9.32. The quantitative estimate of drug-likeness (QED) is 0.404. The molecule has 2 N–H and O–H groups in total. The van der Waals surface area contributed by atoms with Crippen molar-refractivity contribution in [2.45, 2.75) is 6.54 Å². The predicted molar refractivity (Wildman–Crippen MR) is 129 cm³/mol. The third-order valence-corrected chi connectivity index (χ3v) is 5.49. The van der Waals surface area contributed by atoms with E-state index in [0.29, 0.717) is 48.4 Å². The Kier molecular flexibility index (Phi) is 5.91. The van der Waals surface area contributed by atoms with E-state index < -0.39 is 0 Å². The number of hydrogen-bond donors (Lipinski definition) is 2. The number of morpholine rings is 1. The lowest BCUT2D eigenvalue weighted by atomic mass is 10.2. The highest BCUT2D eigenvalue weighted by Crippen LogP contribution is 2.26. The van der Waals surface area contributed by atoms with Gasteiger partial charge in [0, 0.05) is 38.6 Å². The largest absolute Gasteiger partial charge is 0.378 e. The van der Waals surface area contributed by atoms with Crippen LogP contribution in [0.3, 0.4) is 0 Å². The molecule has 1 aliphatic heterocycles. The molecule has 4 aromatic rings. The zero-order valence-electron chi connectivity index (χ0n) is 18.8. The van der Waals surface area contributed by atoms with Crippen LogP contribution in [-0.2, 0) is 23.1 Å². The van der Waals surface area contributed by atoms with Gasteiger partial charge in [0.25, 0.3) is 0 Å². The summed E-state index contributed by atoms with van der Waals surface area (Å²) in [7, 11) is 1.87. The van der Waals surface area contributed by atoms with Gasteiger partial charge in [-0.3, -0.25) is 14.0 Å². The number of anilines is 3. The minimum Gasteiger partial charge on any atom is -0.378 e. The summed E-state index contributed by atoms with van der Waals surface area (Å²) in [5.74, 6) is 1.00. The molecule has 174 valence electrons. The van der Waals surface area contributed by atoms with Crippen LogP contribution in [-0.4, -0.2) is 61.5 Å². The number of amides is 1. The number of benzene rings is 1.